The fourth-order valence-electron chi connectivity index (χ4n) is 3.18. The Morgan fingerprint density at radius 3 is 2.75 bits per heavy atom. The number of aromatic nitrogens is 3. The van der Waals surface area contributed by atoms with Crippen molar-refractivity contribution in [2.45, 2.75) is 6.42 Å². The fraction of sp³-hybridized carbons (Fsp3) is 0.0952. The third-order valence-electron chi connectivity index (χ3n) is 4.44. The first-order valence-corrected chi connectivity index (χ1v) is 8.94. The van der Waals surface area contributed by atoms with Crippen LogP contribution in [0.4, 0.5) is 0 Å². The Bertz CT molecular complexity index is 1190. The second-order valence-electron chi connectivity index (χ2n) is 6.20. The molecule has 140 valence electrons. The van der Waals surface area contributed by atoms with Crippen LogP contribution in [0.5, 0.6) is 5.75 Å². The summed E-state index contributed by atoms with van der Waals surface area (Å²) >= 11 is 6.14. The average Bonchev–Trinajstić information content (AvgIpc) is 3.05. The van der Waals surface area contributed by atoms with Crippen LogP contribution in [0.2, 0.25) is 5.02 Å². The molecule has 7 heteroatoms. The zero-order valence-electron chi connectivity index (χ0n) is 15.0. The molecule has 3 aromatic heterocycles. The number of rotatable bonds is 5. The third kappa shape index (κ3) is 3.30. The van der Waals surface area contributed by atoms with Gasteiger partial charge in [-0.1, -0.05) is 29.8 Å². The molecule has 0 atom stereocenters. The maximum Gasteiger partial charge on any atom is 0.354 e. The van der Waals surface area contributed by atoms with E-state index in [4.69, 9.17) is 21.4 Å². The van der Waals surface area contributed by atoms with E-state index in [1.165, 1.54) is 6.07 Å². The number of carboxylic acids is 1. The van der Waals surface area contributed by atoms with Crippen molar-refractivity contribution >= 4 is 23.1 Å². The van der Waals surface area contributed by atoms with Crippen molar-refractivity contribution in [1.82, 2.24) is 14.6 Å². The molecule has 0 spiro atoms. The van der Waals surface area contributed by atoms with Gasteiger partial charge in [-0.25, -0.2) is 14.3 Å². The van der Waals surface area contributed by atoms with E-state index in [9.17, 15) is 9.90 Å². The lowest BCUT2D eigenvalue weighted by molar-refractivity contribution is 0.0690. The number of hydrogen-bond donors (Lipinski definition) is 1. The van der Waals surface area contributed by atoms with Crippen molar-refractivity contribution < 1.29 is 14.6 Å². The molecule has 0 amide bonds. The van der Waals surface area contributed by atoms with Crippen LogP contribution in [-0.4, -0.2) is 32.8 Å². The van der Waals surface area contributed by atoms with E-state index >= 15 is 0 Å². The highest BCUT2D eigenvalue weighted by Gasteiger charge is 2.19. The first-order chi connectivity index (χ1) is 13.6. The lowest BCUT2D eigenvalue weighted by Crippen LogP contribution is -2.03. The Morgan fingerprint density at radius 2 is 1.96 bits per heavy atom. The van der Waals surface area contributed by atoms with Gasteiger partial charge in [0, 0.05) is 29.4 Å². The lowest BCUT2D eigenvalue weighted by atomic mass is 10.0. The van der Waals surface area contributed by atoms with Gasteiger partial charge in [0.2, 0.25) is 0 Å². The molecule has 0 radical (unpaired) electrons. The van der Waals surface area contributed by atoms with Crippen LogP contribution in [0.25, 0.3) is 16.8 Å². The minimum Gasteiger partial charge on any atom is -0.496 e. The van der Waals surface area contributed by atoms with Gasteiger partial charge < -0.3 is 9.84 Å². The zero-order valence-corrected chi connectivity index (χ0v) is 15.7. The number of fused-ring (bicyclic) bond motifs is 1. The number of para-hydroxylation sites is 1. The average molecular weight is 394 g/mol. The molecule has 0 aliphatic carbocycles. The molecule has 0 aliphatic rings. The van der Waals surface area contributed by atoms with Gasteiger partial charge in [0.1, 0.15) is 17.1 Å². The number of methoxy groups -OCH3 is 1. The second-order valence-corrected chi connectivity index (χ2v) is 6.64. The standard InChI is InChI=1S/C21H16ClN3O3/c1-28-19-8-3-2-6-15(19)20-16(18-10-9-13(22)12-25(18)24-20)11-14-5-4-7-17(23-14)21(26)27/h2-10,12H,11H2,1H3,(H,26,27). The third-order valence-corrected chi connectivity index (χ3v) is 4.67. The van der Waals surface area contributed by atoms with Crippen LogP contribution >= 0.6 is 11.6 Å². The van der Waals surface area contributed by atoms with Gasteiger partial charge in [-0.15, -0.1) is 0 Å². The summed E-state index contributed by atoms with van der Waals surface area (Å²) in [6.07, 6.45) is 2.15. The molecular weight excluding hydrogens is 378 g/mol. The van der Waals surface area contributed by atoms with Gasteiger partial charge in [0.25, 0.3) is 0 Å². The Kier molecular flexibility index (Phi) is 4.71. The molecule has 0 aliphatic heterocycles. The number of pyridine rings is 2. The fourth-order valence-corrected chi connectivity index (χ4v) is 3.34. The first kappa shape index (κ1) is 18.0. The summed E-state index contributed by atoms with van der Waals surface area (Å²) in [5, 5.41) is 14.5. The monoisotopic (exact) mass is 393 g/mol. The van der Waals surface area contributed by atoms with Crippen LogP contribution in [0.3, 0.4) is 0 Å². The van der Waals surface area contributed by atoms with Crippen molar-refractivity contribution in [2.75, 3.05) is 7.11 Å². The summed E-state index contributed by atoms with van der Waals surface area (Å²) in [7, 11) is 1.61. The van der Waals surface area contributed by atoms with Gasteiger partial charge in [-0.05, 0) is 36.4 Å². The number of nitrogens with zero attached hydrogens (tertiary/aromatic N) is 3. The molecule has 4 rings (SSSR count). The highest BCUT2D eigenvalue weighted by molar-refractivity contribution is 6.30. The van der Waals surface area contributed by atoms with Crippen LogP contribution in [0.1, 0.15) is 21.7 Å². The highest BCUT2D eigenvalue weighted by Crippen LogP contribution is 2.34. The largest absolute Gasteiger partial charge is 0.496 e. The van der Waals surface area contributed by atoms with Gasteiger partial charge in [0.15, 0.2) is 0 Å². The van der Waals surface area contributed by atoms with Gasteiger partial charge >= 0.3 is 5.97 Å². The van der Waals surface area contributed by atoms with E-state index in [1.807, 2.05) is 30.3 Å². The molecule has 0 fully saturated rings. The number of hydrogen-bond acceptors (Lipinski definition) is 4. The number of benzene rings is 1. The molecule has 3 heterocycles. The van der Waals surface area contributed by atoms with E-state index in [-0.39, 0.29) is 5.69 Å². The topological polar surface area (TPSA) is 76.7 Å². The number of ether oxygens (including phenoxy) is 1. The minimum absolute atomic E-state index is 0.0101. The number of aromatic carboxylic acids is 1. The summed E-state index contributed by atoms with van der Waals surface area (Å²) < 4.78 is 7.23. The summed E-state index contributed by atoms with van der Waals surface area (Å²) in [5.41, 5.74) is 4.01. The number of carbonyl (C=O) groups is 1. The van der Waals surface area contributed by atoms with E-state index in [0.29, 0.717) is 22.9 Å². The van der Waals surface area contributed by atoms with Crippen molar-refractivity contribution in [2.24, 2.45) is 0 Å². The molecule has 4 aromatic rings. The molecule has 28 heavy (non-hydrogen) atoms. The van der Waals surface area contributed by atoms with Gasteiger partial charge in [0.05, 0.1) is 17.6 Å². The van der Waals surface area contributed by atoms with Crippen molar-refractivity contribution in [1.29, 1.82) is 0 Å². The summed E-state index contributed by atoms with van der Waals surface area (Å²) in [4.78, 5) is 15.5. The smallest absolute Gasteiger partial charge is 0.354 e. The Balaban J connectivity index is 1.91. The van der Waals surface area contributed by atoms with E-state index in [2.05, 4.69) is 4.98 Å². The van der Waals surface area contributed by atoms with E-state index < -0.39 is 5.97 Å². The predicted molar refractivity (Wildman–Crippen MR) is 106 cm³/mol. The molecule has 6 nitrogen and oxygen atoms in total. The quantitative estimate of drug-likeness (QED) is 0.545. The maximum absolute atomic E-state index is 11.3. The van der Waals surface area contributed by atoms with Gasteiger partial charge in [-0.2, -0.15) is 5.10 Å². The van der Waals surface area contributed by atoms with Crippen LogP contribution in [0.15, 0.2) is 60.8 Å². The first-order valence-electron chi connectivity index (χ1n) is 8.56. The van der Waals surface area contributed by atoms with Crippen molar-refractivity contribution in [3.63, 3.8) is 0 Å². The van der Waals surface area contributed by atoms with Crippen molar-refractivity contribution in [3.8, 4) is 17.0 Å². The van der Waals surface area contributed by atoms with Crippen LogP contribution in [-0.2, 0) is 6.42 Å². The molecule has 0 saturated carbocycles. The lowest BCUT2D eigenvalue weighted by Gasteiger charge is -2.08. The van der Waals surface area contributed by atoms with Gasteiger partial charge in [-0.3, -0.25) is 0 Å². The highest BCUT2D eigenvalue weighted by atomic mass is 35.5. The zero-order chi connectivity index (χ0) is 19.7. The van der Waals surface area contributed by atoms with E-state index in [0.717, 1.165) is 22.3 Å². The maximum atomic E-state index is 11.3. The molecule has 0 bridgehead atoms. The summed E-state index contributed by atoms with van der Waals surface area (Å²) in [5.74, 6) is -0.357. The summed E-state index contributed by atoms with van der Waals surface area (Å²) in [6.45, 7) is 0. The molecule has 1 N–H and O–H groups in total. The Hall–Kier alpha value is -3.38. The molecular formula is C21H16ClN3O3. The normalized spacial score (nSPS) is 10.9. The molecule has 1 aromatic carbocycles. The van der Waals surface area contributed by atoms with Crippen LogP contribution < -0.4 is 4.74 Å². The SMILES string of the molecule is COc1ccccc1-c1nn2cc(Cl)ccc2c1Cc1cccc(C(=O)O)n1. The number of carboxylic acid groups (broad SMARTS) is 1. The van der Waals surface area contributed by atoms with Crippen molar-refractivity contribution in [3.05, 3.63) is 82.8 Å². The van der Waals surface area contributed by atoms with E-state index in [1.54, 1.807) is 36.0 Å². The number of halogens is 1. The Labute approximate surface area is 166 Å². The molecule has 0 saturated heterocycles. The summed E-state index contributed by atoms with van der Waals surface area (Å²) in [6, 6.07) is 16.3. The second kappa shape index (κ2) is 7.32. The molecule has 0 unspecified atom stereocenters. The minimum atomic E-state index is -1.06. The predicted octanol–water partition coefficient (Wildman–Crippen LogP) is 4.35. The Morgan fingerprint density at radius 1 is 1.14 bits per heavy atom. The van der Waals surface area contributed by atoms with Crippen LogP contribution in [0, 0.1) is 0 Å².